The van der Waals surface area contributed by atoms with Crippen molar-refractivity contribution in [3.8, 4) is 0 Å². The van der Waals surface area contributed by atoms with Crippen molar-refractivity contribution in [2.75, 3.05) is 12.9 Å². The van der Waals surface area contributed by atoms with Gasteiger partial charge in [0.25, 0.3) is 0 Å². The first-order valence-corrected chi connectivity index (χ1v) is 10.6. The molecule has 2 amide bonds. The molecule has 3 rings (SSSR count). The predicted molar refractivity (Wildman–Crippen MR) is 108 cm³/mol. The minimum Gasteiger partial charge on any atom is -0.466 e. The van der Waals surface area contributed by atoms with E-state index in [0.29, 0.717) is 11.1 Å². The van der Waals surface area contributed by atoms with Gasteiger partial charge in [0.2, 0.25) is 0 Å². The second kappa shape index (κ2) is 8.08. The van der Waals surface area contributed by atoms with Crippen LogP contribution < -0.4 is 10.6 Å². The van der Waals surface area contributed by atoms with Gasteiger partial charge in [-0.05, 0) is 31.0 Å². The van der Waals surface area contributed by atoms with Crippen LogP contribution in [0.15, 0.2) is 64.7 Å². The maximum Gasteiger partial charge on any atom is 0.338 e. The standard InChI is InChI=1S/C21H22N2O5S/c1-13-9-10-17(14(2)11-13)29(26,27)12-16-18(20(24)28-3)19(23-21(25)22-16)15-7-5-4-6-8-15/h4-11,19H,12H2,1-3H3,(H2,22,23,25)/t19-/m1/s1. The number of nitrogens with one attached hydrogen (secondary N) is 2. The average Bonchev–Trinajstić information content (AvgIpc) is 2.67. The van der Waals surface area contributed by atoms with E-state index in [4.69, 9.17) is 4.74 Å². The number of carbonyl (C=O) groups is 2. The minimum atomic E-state index is -3.82. The zero-order chi connectivity index (χ0) is 21.2. The van der Waals surface area contributed by atoms with Gasteiger partial charge in [-0.25, -0.2) is 18.0 Å². The molecule has 7 nitrogen and oxygen atoms in total. The molecule has 29 heavy (non-hydrogen) atoms. The van der Waals surface area contributed by atoms with E-state index in [0.717, 1.165) is 5.56 Å². The molecular formula is C21H22N2O5S. The van der Waals surface area contributed by atoms with Crippen LogP contribution in [-0.4, -0.2) is 33.3 Å². The maximum atomic E-state index is 13.1. The van der Waals surface area contributed by atoms with Crippen LogP contribution in [0.2, 0.25) is 0 Å². The lowest BCUT2D eigenvalue weighted by molar-refractivity contribution is -0.136. The lowest BCUT2D eigenvalue weighted by Crippen LogP contribution is -2.47. The van der Waals surface area contributed by atoms with Gasteiger partial charge in [-0.15, -0.1) is 0 Å². The number of ether oxygens (including phenoxy) is 1. The van der Waals surface area contributed by atoms with Gasteiger partial charge >= 0.3 is 12.0 Å². The number of carbonyl (C=O) groups excluding carboxylic acids is 2. The highest BCUT2D eigenvalue weighted by molar-refractivity contribution is 7.91. The molecule has 1 aliphatic rings. The van der Waals surface area contributed by atoms with Crippen molar-refractivity contribution in [3.63, 3.8) is 0 Å². The van der Waals surface area contributed by atoms with Crippen molar-refractivity contribution in [1.82, 2.24) is 10.6 Å². The lowest BCUT2D eigenvalue weighted by atomic mass is 9.96. The number of benzene rings is 2. The first-order valence-electron chi connectivity index (χ1n) is 8.97. The van der Waals surface area contributed by atoms with Crippen molar-refractivity contribution in [3.05, 3.63) is 76.5 Å². The number of esters is 1. The molecule has 0 aliphatic carbocycles. The van der Waals surface area contributed by atoms with Crippen molar-refractivity contribution >= 4 is 21.8 Å². The molecule has 152 valence electrons. The molecule has 0 saturated heterocycles. The molecule has 0 unspecified atom stereocenters. The Kier molecular flexibility index (Phi) is 5.74. The van der Waals surface area contributed by atoms with Gasteiger partial charge in [-0.2, -0.15) is 0 Å². The Morgan fingerprint density at radius 2 is 1.79 bits per heavy atom. The number of rotatable bonds is 5. The number of amides is 2. The molecule has 1 heterocycles. The van der Waals surface area contributed by atoms with Crippen LogP contribution in [-0.2, 0) is 19.4 Å². The third-order valence-corrected chi connectivity index (χ3v) is 6.49. The summed E-state index contributed by atoms with van der Waals surface area (Å²) in [7, 11) is -2.61. The van der Waals surface area contributed by atoms with Crippen LogP contribution in [0.5, 0.6) is 0 Å². The van der Waals surface area contributed by atoms with Gasteiger partial charge in [0, 0.05) is 5.70 Å². The zero-order valence-electron chi connectivity index (χ0n) is 16.4. The first kappa shape index (κ1) is 20.6. The van der Waals surface area contributed by atoms with E-state index in [1.807, 2.05) is 6.92 Å². The van der Waals surface area contributed by atoms with E-state index in [2.05, 4.69) is 10.6 Å². The number of urea groups is 1. The summed E-state index contributed by atoms with van der Waals surface area (Å²) in [4.78, 5) is 24.9. The molecule has 0 spiro atoms. The molecule has 1 aliphatic heterocycles. The topological polar surface area (TPSA) is 102 Å². The molecule has 1 atom stereocenters. The molecule has 8 heteroatoms. The van der Waals surface area contributed by atoms with Gasteiger partial charge < -0.3 is 15.4 Å². The van der Waals surface area contributed by atoms with Crippen molar-refractivity contribution in [2.24, 2.45) is 0 Å². The predicted octanol–water partition coefficient (Wildman–Crippen LogP) is 2.56. The quantitative estimate of drug-likeness (QED) is 0.732. The molecule has 2 N–H and O–H groups in total. The summed E-state index contributed by atoms with van der Waals surface area (Å²) in [5.74, 6) is -1.24. The highest BCUT2D eigenvalue weighted by Crippen LogP contribution is 2.29. The molecule has 0 fully saturated rings. The van der Waals surface area contributed by atoms with Gasteiger partial charge in [0.15, 0.2) is 9.84 Å². The lowest BCUT2D eigenvalue weighted by Gasteiger charge is -2.29. The fourth-order valence-electron chi connectivity index (χ4n) is 3.39. The summed E-state index contributed by atoms with van der Waals surface area (Å²) >= 11 is 0. The summed E-state index contributed by atoms with van der Waals surface area (Å²) in [6, 6.07) is 12.5. The minimum absolute atomic E-state index is 0.00873. The van der Waals surface area contributed by atoms with Crippen molar-refractivity contribution in [1.29, 1.82) is 0 Å². The van der Waals surface area contributed by atoms with E-state index >= 15 is 0 Å². The number of sulfone groups is 1. The number of hydrogen-bond acceptors (Lipinski definition) is 5. The normalized spacial score (nSPS) is 16.8. The van der Waals surface area contributed by atoms with Gasteiger partial charge in [-0.3, -0.25) is 0 Å². The Morgan fingerprint density at radius 3 is 2.41 bits per heavy atom. The van der Waals surface area contributed by atoms with Crippen molar-refractivity contribution in [2.45, 2.75) is 24.8 Å². The highest BCUT2D eigenvalue weighted by Gasteiger charge is 2.35. The summed E-state index contributed by atoms with van der Waals surface area (Å²) in [6.07, 6.45) is 0. The monoisotopic (exact) mass is 414 g/mol. The molecule has 2 aromatic rings. The SMILES string of the molecule is COC(=O)C1=C(CS(=O)(=O)c2ccc(C)cc2C)NC(=O)N[C@@H]1c1ccccc1. The second-order valence-electron chi connectivity index (χ2n) is 6.85. The Labute approximate surface area is 169 Å². The molecule has 0 saturated carbocycles. The Morgan fingerprint density at radius 1 is 1.10 bits per heavy atom. The van der Waals surface area contributed by atoms with Gasteiger partial charge in [-0.1, -0.05) is 48.0 Å². The average molecular weight is 414 g/mol. The smallest absolute Gasteiger partial charge is 0.338 e. The van der Waals surface area contributed by atoms with E-state index in [9.17, 15) is 18.0 Å². The summed E-state index contributed by atoms with van der Waals surface area (Å²) in [5, 5.41) is 5.16. The maximum absolute atomic E-state index is 13.1. The van der Waals surface area contributed by atoms with Gasteiger partial charge in [0.1, 0.15) is 0 Å². The fourth-order valence-corrected chi connectivity index (χ4v) is 4.98. The summed E-state index contributed by atoms with van der Waals surface area (Å²) in [6.45, 7) is 3.59. The van der Waals surface area contributed by atoms with Crippen LogP contribution in [0.25, 0.3) is 0 Å². The molecule has 0 radical (unpaired) electrons. The zero-order valence-corrected chi connectivity index (χ0v) is 17.2. The second-order valence-corrected chi connectivity index (χ2v) is 8.81. The highest BCUT2D eigenvalue weighted by atomic mass is 32.2. The van der Waals surface area contributed by atoms with E-state index in [1.165, 1.54) is 13.2 Å². The Hall–Kier alpha value is -3.13. The summed E-state index contributed by atoms with van der Waals surface area (Å²) in [5.41, 5.74) is 2.26. The van der Waals surface area contributed by atoms with E-state index in [1.54, 1.807) is 49.4 Å². The van der Waals surface area contributed by atoms with Crippen LogP contribution in [0.1, 0.15) is 22.7 Å². The molecule has 0 aromatic heterocycles. The van der Waals surface area contributed by atoms with Crippen LogP contribution >= 0.6 is 0 Å². The number of methoxy groups -OCH3 is 1. The van der Waals surface area contributed by atoms with Gasteiger partial charge in [0.05, 0.1) is 29.4 Å². The van der Waals surface area contributed by atoms with Crippen molar-refractivity contribution < 1.29 is 22.7 Å². The largest absolute Gasteiger partial charge is 0.466 e. The third-order valence-electron chi connectivity index (χ3n) is 4.69. The molecule has 0 bridgehead atoms. The van der Waals surface area contributed by atoms with E-state index in [-0.39, 0.29) is 16.2 Å². The Bertz CT molecular complexity index is 1090. The molecule has 2 aromatic carbocycles. The number of aryl methyl sites for hydroxylation is 2. The van der Waals surface area contributed by atoms with E-state index < -0.39 is 33.6 Å². The first-order chi connectivity index (χ1) is 13.7. The number of hydrogen-bond donors (Lipinski definition) is 2. The fraction of sp³-hybridized carbons (Fsp3) is 0.238. The summed E-state index contributed by atoms with van der Waals surface area (Å²) < 4.78 is 31.0. The Balaban J connectivity index is 2.11. The van der Waals surface area contributed by atoms with Crippen LogP contribution in [0.3, 0.4) is 0 Å². The van der Waals surface area contributed by atoms with Crippen LogP contribution in [0.4, 0.5) is 4.79 Å². The molecular weight excluding hydrogens is 392 g/mol. The van der Waals surface area contributed by atoms with Crippen LogP contribution in [0, 0.1) is 13.8 Å². The third kappa shape index (κ3) is 4.32.